The SMILES string of the molecule is Cc1cccc(-c2nc(SCC(=O)O)n[nH]2)c1F. The van der Waals surface area contributed by atoms with Crippen LogP contribution in [0.2, 0.25) is 0 Å². The molecule has 0 amide bonds. The second-order valence-corrected chi connectivity index (χ2v) is 4.53. The Morgan fingerprint density at radius 1 is 1.56 bits per heavy atom. The molecule has 0 fully saturated rings. The van der Waals surface area contributed by atoms with Gasteiger partial charge in [0.05, 0.1) is 11.3 Å². The summed E-state index contributed by atoms with van der Waals surface area (Å²) in [4.78, 5) is 14.4. The van der Waals surface area contributed by atoms with Crippen molar-refractivity contribution in [3.05, 3.63) is 29.6 Å². The first-order chi connectivity index (χ1) is 8.58. The predicted molar refractivity (Wildman–Crippen MR) is 64.9 cm³/mol. The standard InChI is InChI=1S/C11H10FN3O2S/c1-6-3-2-4-7(9(6)12)10-13-11(15-14-10)18-5-8(16)17/h2-4H,5H2,1H3,(H,16,17)(H,13,14,15). The zero-order valence-electron chi connectivity index (χ0n) is 9.48. The zero-order valence-corrected chi connectivity index (χ0v) is 10.3. The minimum atomic E-state index is -0.951. The monoisotopic (exact) mass is 267 g/mol. The van der Waals surface area contributed by atoms with Crippen molar-refractivity contribution in [2.75, 3.05) is 5.75 Å². The van der Waals surface area contributed by atoms with Gasteiger partial charge in [-0.1, -0.05) is 23.9 Å². The number of H-pyrrole nitrogens is 1. The Hall–Kier alpha value is -1.89. The summed E-state index contributed by atoms with van der Waals surface area (Å²) in [6.07, 6.45) is 0. The molecule has 2 rings (SSSR count). The molecule has 0 saturated carbocycles. The Morgan fingerprint density at radius 3 is 3.06 bits per heavy atom. The van der Waals surface area contributed by atoms with Crippen LogP contribution >= 0.6 is 11.8 Å². The second-order valence-electron chi connectivity index (χ2n) is 3.59. The highest BCUT2D eigenvalue weighted by atomic mass is 32.2. The molecule has 0 aliphatic carbocycles. The van der Waals surface area contributed by atoms with Crippen LogP contribution in [0.15, 0.2) is 23.4 Å². The van der Waals surface area contributed by atoms with Crippen molar-refractivity contribution in [3.8, 4) is 11.4 Å². The molecule has 1 aromatic heterocycles. The lowest BCUT2D eigenvalue weighted by Gasteiger charge is -2.00. The molecule has 94 valence electrons. The van der Waals surface area contributed by atoms with Crippen molar-refractivity contribution >= 4 is 17.7 Å². The number of nitrogens with one attached hydrogen (secondary N) is 1. The van der Waals surface area contributed by atoms with Crippen molar-refractivity contribution < 1.29 is 14.3 Å². The highest BCUT2D eigenvalue weighted by Crippen LogP contribution is 2.23. The Balaban J connectivity index is 2.24. The van der Waals surface area contributed by atoms with Crippen LogP contribution < -0.4 is 0 Å². The van der Waals surface area contributed by atoms with Crippen LogP contribution in [-0.4, -0.2) is 32.0 Å². The molecule has 0 saturated heterocycles. The number of hydrogen-bond acceptors (Lipinski definition) is 4. The molecule has 2 aromatic rings. The molecule has 2 N–H and O–H groups in total. The zero-order chi connectivity index (χ0) is 13.1. The summed E-state index contributed by atoms with van der Waals surface area (Å²) in [6, 6.07) is 4.98. The normalized spacial score (nSPS) is 10.6. The summed E-state index contributed by atoms with van der Waals surface area (Å²) < 4.78 is 13.8. The van der Waals surface area contributed by atoms with E-state index in [1.807, 2.05) is 0 Å². The lowest BCUT2D eigenvalue weighted by molar-refractivity contribution is -0.133. The summed E-state index contributed by atoms with van der Waals surface area (Å²) in [7, 11) is 0. The molecule has 0 aliphatic rings. The van der Waals surface area contributed by atoms with Gasteiger partial charge in [0, 0.05) is 0 Å². The number of carboxylic acid groups (broad SMARTS) is 1. The third kappa shape index (κ3) is 2.67. The number of rotatable bonds is 4. The summed E-state index contributed by atoms with van der Waals surface area (Å²) in [5.41, 5.74) is 0.841. The number of aromatic nitrogens is 3. The third-order valence-corrected chi connectivity index (χ3v) is 3.07. The molecule has 5 nitrogen and oxygen atoms in total. The van der Waals surface area contributed by atoms with E-state index in [4.69, 9.17) is 5.11 Å². The Morgan fingerprint density at radius 2 is 2.33 bits per heavy atom. The fourth-order valence-corrected chi connectivity index (χ4v) is 1.91. The molecule has 0 bridgehead atoms. The van der Waals surface area contributed by atoms with E-state index in [0.29, 0.717) is 17.0 Å². The Bertz CT molecular complexity index is 585. The Labute approximate surface area is 106 Å². The van der Waals surface area contributed by atoms with Crippen molar-refractivity contribution in [1.82, 2.24) is 15.2 Å². The maximum Gasteiger partial charge on any atom is 0.313 e. The number of aryl methyl sites for hydroxylation is 1. The van der Waals surface area contributed by atoms with Gasteiger partial charge in [-0.05, 0) is 18.6 Å². The van der Waals surface area contributed by atoms with Gasteiger partial charge in [-0.2, -0.15) is 0 Å². The minimum Gasteiger partial charge on any atom is -0.481 e. The lowest BCUT2D eigenvalue weighted by atomic mass is 10.1. The second kappa shape index (κ2) is 5.18. The van der Waals surface area contributed by atoms with Gasteiger partial charge in [0.15, 0.2) is 5.82 Å². The van der Waals surface area contributed by atoms with Crippen molar-refractivity contribution in [3.63, 3.8) is 0 Å². The van der Waals surface area contributed by atoms with Gasteiger partial charge >= 0.3 is 5.97 Å². The fourth-order valence-electron chi connectivity index (χ4n) is 1.39. The van der Waals surface area contributed by atoms with E-state index in [2.05, 4.69) is 15.2 Å². The predicted octanol–water partition coefficient (Wildman–Crippen LogP) is 2.10. The van der Waals surface area contributed by atoms with E-state index in [1.165, 1.54) is 0 Å². The van der Waals surface area contributed by atoms with E-state index < -0.39 is 5.97 Å². The maximum absolute atomic E-state index is 13.8. The average molecular weight is 267 g/mol. The molecular formula is C11H10FN3O2S. The van der Waals surface area contributed by atoms with Gasteiger partial charge in [-0.15, -0.1) is 5.10 Å². The number of hydrogen-bond donors (Lipinski definition) is 2. The fraction of sp³-hybridized carbons (Fsp3) is 0.182. The van der Waals surface area contributed by atoms with E-state index in [0.717, 1.165) is 11.8 Å². The first kappa shape index (κ1) is 12.6. The van der Waals surface area contributed by atoms with Crippen LogP contribution in [0.5, 0.6) is 0 Å². The molecule has 0 radical (unpaired) electrons. The quantitative estimate of drug-likeness (QED) is 0.829. The molecule has 0 spiro atoms. The largest absolute Gasteiger partial charge is 0.481 e. The summed E-state index contributed by atoms with van der Waals surface area (Å²) in [5, 5.41) is 15.2. The van der Waals surface area contributed by atoms with Gasteiger partial charge in [-0.25, -0.2) is 9.37 Å². The molecule has 0 unspecified atom stereocenters. The number of aliphatic carboxylic acids is 1. The molecule has 0 aliphatic heterocycles. The third-order valence-electron chi connectivity index (χ3n) is 2.24. The number of carbonyl (C=O) groups is 1. The van der Waals surface area contributed by atoms with Crippen LogP contribution in [0, 0.1) is 12.7 Å². The highest BCUT2D eigenvalue weighted by molar-refractivity contribution is 7.99. The average Bonchev–Trinajstić information content (AvgIpc) is 2.78. The number of thioether (sulfide) groups is 1. The van der Waals surface area contributed by atoms with Crippen molar-refractivity contribution in [2.45, 2.75) is 12.1 Å². The van der Waals surface area contributed by atoms with E-state index >= 15 is 0 Å². The van der Waals surface area contributed by atoms with Crippen LogP contribution in [0.25, 0.3) is 11.4 Å². The van der Waals surface area contributed by atoms with Crippen molar-refractivity contribution in [1.29, 1.82) is 0 Å². The van der Waals surface area contributed by atoms with Gasteiger partial charge < -0.3 is 5.11 Å². The van der Waals surface area contributed by atoms with Crippen LogP contribution in [0.4, 0.5) is 4.39 Å². The number of benzene rings is 1. The molecule has 1 heterocycles. The highest BCUT2D eigenvalue weighted by Gasteiger charge is 2.12. The van der Waals surface area contributed by atoms with Crippen molar-refractivity contribution in [2.24, 2.45) is 0 Å². The smallest absolute Gasteiger partial charge is 0.313 e. The minimum absolute atomic E-state index is 0.131. The molecule has 7 heteroatoms. The van der Waals surface area contributed by atoms with Crippen LogP contribution in [-0.2, 0) is 4.79 Å². The topological polar surface area (TPSA) is 78.9 Å². The molecule has 0 atom stereocenters. The van der Waals surface area contributed by atoms with Gasteiger partial charge in [0.25, 0.3) is 0 Å². The van der Waals surface area contributed by atoms with Gasteiger partial charge in [-0.3, -0.25) is 9.89 Å². The molecular weight excluding hydrogens is 257 g/mol. The summed E-state index contributed by atoms with van der Waals surface area (Å²) >= 11 is 0.979. The summed E-state index contributed by atoms with van der Waals surface area (Å²) in [6.45, 7) is 1.66. The van der Waals surface area contributed by atoms with Gasteiger partial charge in [0.1, 0.15) is 5.82 Å². The maximum atomic E-state index is 13.8. The summed E-state index contributed by atoms with van der Waals surface area (Å²) in [5.74, 6) is -1.14. The number of nitrogens with zero attached hydrogens (tertiary/aromatic N) is 2. The van der Waals surface area contributed by atoms with Gasteiger partial charge in [0.2, 0.25) is 5.16 Å². The Kier molecular flexibility index (Phi) is 3.61. The lowest BCUT2D eigenvalue weighted by Crippen LogP contribution is -1.97. The van der Waals surface area contributed by atoms with Crippen LogP contribution in [0.1, 0.15) is 5.56 Å². The molecule has 1 aromatic carbocycles. The molecule has 18 heavy (non-hydrogen) atoms. The van der Waals surface area contributed by atoms with E-state index in [1.54, 1.807) is 25.1 Å². The first-order valence-corrected chi connectivity index (χ1v) is 6.09. The number of halogens is 1. The first-order valence-electron chi connectivity index (χ1n) is 5.10. The number of aromatic amines is 1. The number of carboxylic acids is 1. The van der Waals surface area contributed by atoms with Crippen LogP contribution in [0.3, 0.4) is 0 Å². The van der Waals surface area contributed by atoms with E-state index in [-0.39, 0.29) is 16.7 Å². The van der Waals surface area contributed by atoms with E-state index in [9.17, 15) is 9.18 Å².